The van der Waals surface area contributed by atoms with E-state index in [-0.39, 0.29) is 30.7 Å². The lowest BCUT2D eigenvalue weighted by Crippen LogP contribution is -2.50. The molecule has 5 rings (SSSR count). The average Bonchev–Trinajstić information content (AvgIpc) is 3.57. The van der Waals surface area contributed by atoms with E-state index in [1.165, 1.54) is 4.90 Å². The van der Waals surface area contributed by atoms with E-state index in [9.17, 15) is 9.59 Å². The summed E-state index contributed by atoms with van der Waals surface area (Å²) in [4.78, 5) is 33.4. The predicted molar refractivity (Wildman–Crippen MR) is 166 cm³/mol. The fourth-order valence-electron chi connectivity index (χ4n) is 5.52. The maximum Gasteiger partial charge on any atom is 0.251 e. The summed E-state index contributed by atoms with van der Waals surface area (Å²) in [6, 6.07) is 17.7. The molecule has 1 atom stereocenters. The molecule has 1 aliphatic rings. The van der Waals surface area contributed by atoms with Crippen LogP contribution in [0, 0.1) is 18.8 Å². The van der Waals surface area contributed by atoms with E-state index in [4.69, 9.17) is 16.2 Å². The number of H-pyrrole nitrogens is 1. The predicted octanol–water partition coefficient (Wildman–Crippen LogP) is 3.86. The Hall–Kier alpha value is -4.19. The number of halogens is 1. The number of aryl methyl sites for hydroxylation is 1. The van der Waals surface area contributed by atoms with Crippen molar-refractivity contribution < 1.29 is 14.3 Å². The van der Waals surface area contributed by atoms with Gasteiger partial charge >= 0.3 is 0 Å². The highest BCUT2D eigenvalue weighted by Gasteiger charge is 2.35. The summed E-state index contributed by atoms with van der Waals surface area (Å²) in [6.45, 7) is 2.54. The molecule has 0 unspecified atom stereocenters. The zero-order valence-electron chi connectivity index (χ0n) is 24.3. The van der Waals surface area contributed by atoms with Gasteiger partial charge in [0.2, 0.25) is 17.6 Å². The average molecular weight is 605 g/mol. The summed E-state index contributed by atoms with van der Waals surface area (Å²) in [5.41, 5.74) is 17.3. The molecule has 11 nitrogen and oxygen atoms in total. The first-order valence-corrected chi connectivity index (χ1v) is 14.2. The third kappa shape index (κ3) is 7.24. The van der Waals surface area contributed by atoms with E-state index in [1.54, 1.807) is 31.4 Å². The lowest BCUT2D eigenvalue weighted by atomic mass is 9.81. The largest absolute Gasteiger partial charge is 0.481 e. The number of benzene rings is 2. The van der Waals surface area contributed by atoms with E-state index >= 15 is 0 Å². The molecule has 226 valence electrons. The van der Waals surface area contributed by atoms with Gasteiger partial charge in [0.05, 0.1) is 18.8 Å². The molecule has 0 spiro atoms. The van der Waals surface area contributed by atoms with Crippen LogP contribution in [0.3, 0.4) is 0 Å². The zero-order valence-corrected chi connectivity index (χ0v) is 25.1. The van der Waals surface area contributed by atoms with Gasteiger partial charge in [0, 0.05) is 28.8 Å². The highest BCUT2D eigenvalue weighted by molar-refractivity contribution is 6.17. The summed E-state index contributed by atoms with van der Waals surface area (Å²) in [7, 11) is 1.59. The first-order chi connectivity index (χ1) is 20.4. The number of nitrogens with two attached hydrogens (primary N) is 2. The smallest absolute Gasteiger partial charge is 0.251 e. The monoisotopic (exact) mass is 604 g/mol. The second kappa shape index (κ2) is 14.3. The van der Waals surface area contributed by atoms with E-state index in [0.29, 0.717) is 48.3 Å². The number of ether oxygens (including phenoxy) is 1. The van der Waals surface area contributed by atoms with Crippen LogP contribution in [0.2, 0.25) is 0 Å². The van der Waals surface area contributed by atoms with Crippen molar-refractivity contribution in [1.82, 2.24) is 25.6 Å². The van der Waals surface area contributed by atoms with Crippen molar-refractivity contribution in [3.63, 3.8) is 0 Å². The Morgan fingerprint density at radius 1 is 1.00 bits per heavy atom. The minimum atomic E-state index is -0.915. The molecule has 0 aliphatic heterocycles. The number of carbonyl (C=O) groups is 2. The van der Waals surface area contributed by atoms with Crippen LogP contribution in [-0.2, 0) is 16.0 Å². The summed E-state index contributed by atoms with van der Waals surface area (Å²) in [5, 5.41) is 14.0. The molecule has 2 aromatic heterocycles. The van der Waals surface area contributed by atoms with Crippen molar-refractivity contribution in [2.24, 2.45) is 23.3 Å². The molecular formula is C31H37ClN8O3. The topological polar surface area (TPSA) is 166 Å². The minimum absolute atomic E-state index is 0. The highest BCUT2D eigenvalue weighted by atomic mass is 35.5. The van der Waals surface area contributed by atoms with Crippen LogP contribution in [0.4, 0.5) is 5.69 Å². The van der Waals surface area contributed by atoms with Crippen molar-refractivity contribution >= 4 is 29.9 Å². The Labute approximate surface area is 256 Å². The number of tetrazole rings is 1. The summed E-state index contributed by atoms with van der Waals surface area (Å²) in [6.07, 6.45) is 3.41. The van der Waals surface area contributed by atoms with Crippen LogP contribution < -0.4 is 21.1 Å². The van der Waals surface area contributed by atoms with Crippen LogP contribution >= 0.6 is 12.4 Å². The maximum absolute atomic E-state index is 13.9. The normalized spacial score (nSPS) is 17.0. The van der Waals surface area contributed by atoms with Crippen LogP contribution in [-0.4, -0.2) is 57.1 Å². The fraction of sp³-hybridized carbons (Fsp3) is 0.355. The molecular weight excluding hydrogens is 568 g/mol. The van der Waals surface area contributed by atoms with Gasteiger partial charge < -0.3 is 16.2 Å². The van der Waals surface area contributed by atoms with Crippen molar-refractivity contribution in [3.05, 3.63) is 71.9 Å². The number of nitrogens with zero attached hydrogens (tertiary/aromatic N) is 5. The lowest BCUT2D eigenvalue weighted by molar-refractivity contribution is -0.130. The molecule has 43 heavy (non-hydrogen) atoms. The number of hydrogen-bond donors (Lipinski definition) is 3. The molecule has 5 N–H and O–H groups in total. The number of nitrogens with one attached hydrogen (secondary N) is 1. The SMILES string of the molecule is COc1ccc(-c2ccc(C[C@H](N)C(=O)N(c3ccc(-c4nn[nH]n4)cc3)C(=O)[C@H]3CC[C@H](CN)CC3)cc2)c(C)n1.Cl. The van der Waals surface area contributed by atoms with Crippen molar-refractivity contribution in [2.75, 3.05) is 18.6 Å². The minimum Gasteiger partial charge on any atom is -0.481 e. The fourth-order valence-corrected chi connectivity index (χ4v) is 5.52. The first kappa shape index (κ1) is 31.7. The second-order valence-electron chi connectivity index (χ2n) is 10.7. The van der Waals surface area contributed by atoms with Crippen molar-refractivity contribution in [3.8, 4) is 28.4 Å². The quantitative estimate of drug-likeness (QED) is 0.257. The van der Waals surface area contributed by atoms with Gasteiger partial charge in [-0.05, 0) is 98.2 Å². The van der Waals surface area contributed by atoms with Gasteiger partial charge in [-0.3, -0.25) is 9.59 Å². The van der Waals surface area contributed by atoms with Crippen LogP contribution in [0.15, 0.2) is 60.7 Å². The van der Waals surface area contributed by atoms with E-state index in [2.05, 4.69) is 25.6 Å². The Morgan fingerprint density at radius 3 is 2.26 bits per heavy atom. The molecule has 1 saturated carbocycles. The van der Waals surface area contributed by atoms with Gasteiger partial charge in [-0.1, -0.05) is 24.3 Å². The number of imide groups is 1. The standard InChI is InChI=1S/C31H36N8O3.ClH/c1-19-26(15-16-28(34-19)42-2)22-7-3-20(4-8-22)17-27(33)31(41)39(30(40)24-9-5-21(18-32)6-10-24)25-13-11-23(12-14-25)29-35-37-38-36-29;/h3-4,7-8,11-16,21,24,27H,5-6,9-10,17-18,32-33H2,1-2H3,(H,35,36,37,38);1H/t21-,24-,27-;/m0./s1. The van der Waals surface area contributed by atoms with Crippen LogP contribution in [0.25, 0.3) is 22.5 Å². The number of methoxy groups -OCH3 is 1. The molecule has 2 amide bonds. The van der Waals surface area contributed by atoms with Gasteiger partial charge in [0.25, 0.3) is 5.91 Å². The number of anilines is 1. The third-order valence-electron chi connectivity index (χ3n) is 8.01. The Balaban J connectivity index is 0.00000423. The van der Waals surface area contributed by atoms with Gasteiger partial charge in [0.1, 0.15) is 0 Å². The van der Waals surface area contributed by atoms with Crippen molar-refractivity contribution in [2.45, 2.75) is 45.1 Å². The molecule has 0 bridgehead atoms. The number of aromatic nitrogens is 5. The Bertz CT molecular complexity index is 1510. The summed E-state index contributed by atoms with van der Waals surface area (Å²) < 4.78 is 5.21. The first-order valence-electron chi connectivity index (χ1n) is 14.2. The maximum atomic E-state index is 13.9. The van der Waals surface area contributed by atoms with Crippen molar-refractivity contribution in [1.29, 1.82) is 0 Å². The zero-order chi connectivity index (χ0) is 29.6. The lowest BCUT2D eigenvalue weighted by Gasteiger charge is -2.32. The molecule has 1 fully saturated rings. The molecule has 2 heterocycles. The number of aromatic amines is 1. The van der Waals surface area contributed by atoms with Crippen LogP contribution in [0.1, 0.15) is 36.9 Å². The third-order valence-corrected chi connectivity index (χ3v) is 8.01. The molecule has 0 saturated heterocycles. The van der Waals surface area contributed by atoms with E-state index in [1.807, 2.05) is 43.3 Å². The molecule has 2 aromatic carbocycles. The number of rotatable bonds is 9. The number of pyridine rings is 1. The molecule has 12 heteroatoms. The van der Waals surface area contributed by atoms with E-state index < -0.39 is 11.9 Å². The second-order valence-corrected chi connectivity index (χ2v) is 10.7. The van der Waals surface area contributed by atoms with Gasteiger partial charge in [-0.25, -0.2) is 9.88 Å². The van der Waals surface area contributed by atoms with Gasteiger partial charge in [-0.2, -0.15) is 5.21 Å². The molecule has 1 aliphatic carbocycles. The van der Waals surface area contributed by atoms with E-state index in [0.717, 1.165) is 35.2 Å². The Kier molecular flexibility index (Phi) is 10.6. The summed E-state index contributed by atoms with van der Waals surface area (Å²) >= 11 is 0. The van der Waals surface area contributed by atoms with Gasteiger partial charge in [-0.15, -0.1) is 22.6 Å². The summed E-state index contributed by atoms with van der Waals surface area (Å²) in [5.74, 6) is 0.472. The van der Waals surface area contributed by atoms with Crippen LogP contribution in [0.5, 0.6) is 5.88 Å². The molecule has 0 radical (unpaired) electrons. The number of carbonyl (C=O) groups excluding carboxylic acids is 2. The highest BCUT2D eigenvalue weighted by Crippen LogP contribution is 2.32. The number of amides is 2. The number of hydrogen-bond acceptors (Lipinski definition) is 9. The molecule has 4 aromatic rings. The van der Waals surface area contributed by atoms with Gasteiger partial charge in [0.15, 0.2) is 0 Å². The Morgan fingerprint density at radius 2 is 1.67 bits per heavy atom.